The average Bonchev–Trinajstić information content (AvgIpc) is 3.35. The van der Waals surface area contributed by atoms with Crippen molar-refractivity contribution in [2.24, 2.45) is 0 Å². The van der Waals surface area contributed by atoms with Crippen LogP contribution in [0.3, 0.4) is 0 Å². The van der Waals surface area contributed by atoms with Crippen molar-refractivity contribution in [3.05, 3.63) is 105 Å². The predicted molar refractivity (Wildman–Crippen MR) is 134 cm³/mol. The predicted octanol–water partition coefficient (Wildman–Crippen LogP) is 3.09. The van der Waals surface area contributed by atoms with E-state index in [1.807, 2.05) is 0 Å². The van der Waals surface area contributed by atoms with Gasteiger partial charge in [-0.1, -0.05) is 42.5 Å². The molecule has 0 saturated heterocycles. The van der Waals surface area contributed by atoms with Crippen molar-refractivity contribution in [1.29, 1.82) is 0 Å². The van der Waals surface area contributed by atoms with E-state index in [1.54, 1.807) is 79.7 Å². The Morgan fingerprint density at radius 3 is 2.41 bits per heavy atom. The van der Waals surface area contributed by atoms with Crippen molar-refractivity contribution < 1.29 is 27.9 Å². The van der Waals surface area contributed by atoms with E-state index in [-0.39, 0.29) is 12.4 Å². The molecule has 4 rings (SSSR count). The Hall–Kier alpha value is -3.76. The first kappa shape index (κ1) is 26.3. The van der Waals surface area contributed by atoms with Gasteiger partial charge in [-0.3, -0.25) is 18.9 Å². The highest BCUT2D eigenvalue weighted by molar-refractivity contribution is 7.52. The number of rotatable bonds is 10. The summed E-state index contributed by atoms with van der Waals surface area (Å²) in [5.74, 6) is -0.0845. The zero-order chi connectivity index (χ0) is 26.4. The van der Waals surface area contributed by atoms with Crippen LogP contribution in [0.2, 0.25) is 0 Å². The molecule has 2 unspecified atom stereocenters. The number of esters is 1. The summed E-state index contributed by atoms with van der Waals surface area (Å²) in [7, 11) is -4.10. The van der Waals surface area contributed by atoms with Crippen molar-refractivity contribution in [3.63, 3.8) is 0 Å². The molecule has 37 heavy (non-hydrogen) atoms. The van der Waals surface area contributed by atoms with Crippen LogP contribution in [0, 0.1) is 6.92 Å². The van der Waals surface area contributed by atoms with Gasteiger partial charge in [-0.2, -0.15) is 5.09 Å². The average molecular weight is 527 g/mol. The topological polar surface area (TPSA) is 138 Å². The fourth-order valence-corrected chi connectivity index (χ4v) is 4.88. The van der Waals surface area contributed by atoms with Gasteiger partial charge in [0.2, 0.25) is 0 Å². The number of hydrogen-bond acceptors (Lipinski definition) is 8. The molecular weight excluding hydrogens is 501 g/mol. The van der Waals surface area contributed by atoms with Gasteiger partial charge in [0, 0.05) is 11.8 Å². The molecule has 2 heterocycles. The number of carbonyl (C=O) groups excluding carboxylic acids is 1. The zero-order valence-electron chi connectivity index (χ0n) is 20.1. The summed E-state index contributed by atoms with van der Waals surface area (Å²) >= 11 is 0. The summed E-state index contributed by atoms with van der Waals surface area (Å²) in [6, 6.07) is 15.8. The van der Waals surface area contributed by atoms with E-state index in [0.29, 0.717) is 11.3 Å². The maximum atomic E-state index is 13.7. The quantitative estimate of drug-likeness (QED) is 0.176. The molecule has 1 aromatic heterocycles. The number of nitrogens with one attached hydrogen (secondary N) is 2. The van der Waals surface area contributed by atoms with E-state index in [0.717, 1.165) is 0 Å². The second-order valence-electron chi connectivity index (χ2n) is 8.21. The lowest BCUT2D eigenvalue weighted by Crippen LogP contribution is -2.37. The molecule has 0 spiro atoms. The van der Waals surface area contributed by atoms with E-state index in [1.165, 1.54) is 17.7 Å². The number of aromatic nitrogens is 2. The van der Waals surface area contributed by atoms with Gasteiger partial charge in [-0.25, -0.2) is 14.2 Å². The van der Waals surface area contributed by atoms with Crippen LogP contribution in [0.1, 0.15) is 18.7 Å². The molecule has 1 aliphatic heterocycles. The Morgan fingerprint density at radius 1 is 1.08 bits per heavy atom. The number of ether oxygens (including phenoxy) is 2. The van der Waals surface area contributed by atoms with Gasteiger partial charge < -0.3 is 14.0 Å². The molecular formula is C25H26N3O8P. The van der Waals surface area contributed by atoms with Gasteiger partial charge in [-0.15, -0.1) is 0 Å². The van der Waals surface area contributed by atoms with E-state index in [9.17, 15) is 18.9 Å². The van der Waals surface area contributed by atoms with Crippen LogP contribution in [0.15, 0.2) is 88.6 Å². The first-order valence-corrected chi connectivity index (χ1v) is 13.0. The van der Waals surface area contributed by atoms with Crippen molar-refractivity contribution in [1.82, 2.24) is 14.6 Å². The Labute approximate surface area is 212 Å². The summed E-state index contributed by atoms with van der Waals surface area (Å²) in [5, 5.41) is 2.61. The molecule has 0 fully saturated rings. The van der Waals surface area contributed by atoms with Crippen LogP contribution < -0.4 is 25.6 Å². The second kappa shape index (κ2) is 11.5. The van der Waals surface area contributed by atoms with Crippen LogP contribution in [0.4, 0.5) is 0 Å². The molecule has 0 aliphatic carbocycles. The minimum absolute atomic E-state index is 0.221. The third-order valence-electron chi connectivity index (χ3n) is 5.27. The number of hydrogen-bond donors (Lipinski definition) is 2. The second-order valence-corrected chi connectivity index (χ2v) is 9.91. The minimum Gasteiger partial charge on any atom is -0.425 e. The first-order chi connectivity index (χ1) is 17.7. The van der Waals surface area contributed by atoms with Crippen LogP contribution in [-0.4, -0.2) is 34.3 Å². The fourth-order valence-electron chi connectivity index (χ4n) is 3.38. The third-order valence-corrected chi connectivity index (χ3v) is 6.91. The maximum absolute atomic E-state index is 13.7. The van der Waals surface area contributed by atoms with Crippen molar-refractivity contribution in [3.8, 4) is 11.5 Å². The Balaban J connectivity index is 1.43. The molecule has 194 valence electrons. The molecule has 4 atom stereocenters. The Morgan fingerprint density at radius 2 is 1.73 bits per heavy atom. The zero-order valence-corrected chi connectivity index (χ0v) is 21.0. The maximum Gasteiger partial charge on any atom is 0.459 e. The van der Waals surface area contributed by atoms with Gasteiger partial charge in [0.15, 0.2) is 6.23 Å². The van der Waals surface area contributed by atoms with Crippen molar-refractivity contribution >= 4 is 13.7 Å². The Bertz CT molecular complexity index is 1420. The summed E-state index contributed by atoms with van der Waals surface area (Å²) in [6.45, 7) is 2.82. The van der Waals surface area contributed by atoms with Crippen LogP contribution in [0.25, 0.3) is 0 Å². The van der Waals surface area contributed by atoms with Gasteiger partial charge in [0.25, 0.3) is 5.56 Å². The molecule has 3 aromatic rings. The first-order valence-electron chi connectivity index (χ1n) is 11.4. The number of H-pyrrole nitrogens is 1. The Kier molecular flexibility index (Phi) is 8.20. The summed E-state index contributed by atoms with van der Waals surface area (Å²) < 4.78 is 37.3. The molecule has 1 aliphatic rings. The lowest BCUT2D eigenvalue weighted by Gasteiger charge is -2.24. The molecule has 11 nitrogen and oxygen atoms in total. The lowest BCUT2D eigenvalue weighted by atomic mass is 10.3. The number of carbonyl (C=O) groups is 1. The molecule has 12 heteroatoms. The summed E-state index contributed by atoms with van der Waals surface area (Å²) in [6.07, 6.45) is 3.16. The standard InChI is InChI=1S/C25H26N3O8P/c1-17-15-28(25(31)26-23(17)29)22-14-13-21(34-22)16-33-37(32,36-20-11-7-4-8-12-20)27-18(2)24(30)35-19-9-5-3-6-10-19/h3-15,18,21-22H,16H2,1-2H3,(H,27,32)(H,26,29,31)/t18?,21-,22+,37?/m0/s1. The molecule has 0 amide bonds. The van der Waals surface area contributed by atoms with Crippen LogP contribution in [0.5, 0.6) is 11.5 Å². The smallest absolute Gasteiger partial charge is 0.425 e. The van der Waals surface area contributed by atoms with Crippen molar-refractivity contribution in [2.45, 2.75) is 32.2 Å². The van der Waals surface area contributed by atoms with E-state index < -0.39 is 43.3 Å². The molecule has 0 radical (unpaired) electrons. The van der Waals surface area contributed by atoms with Crippen molar-refractivity contribution in [2.75, 3.05) is 6.61 Å². The third kappa shape index (κ3) is 6.93. The highest BCUT2D eigenvalue weighted by Gasteiger charge is 2.34. The largest absolute Gasteiger partial charge is 0.459 e. The highest BCUT2D eigenvalue weighted by atomic mass is 31.2. The SMILES string of the molecule is Cc1cn([C@H]2C=C[C@@H](COP(=O)(NC(C)C(=O)Oc3ccccc3)Oc3ccccc3)O2)c(=O)[nH]c1=O. The molecule has 0 saturated carbocycles. The minimum atomic E-state index is -4.10. The number of benzene rings is 2. The lowest BCUT2D eigenvalue weighted by molar-refractivity contribution is -0.136. The van der Waals surface area contributed by atoms with Gasteiger partial charge in [0.1, 0.15) is 23.6 Å². The number of aromatic amines is 1. The van der Waals surface area contributed by atoms with Gasteiger partial charge >= 0.3 is 19.4 Å². The number of para-hydroxylation sites is 2. The van der Waals surface area contributed by atoms with Crippen LogP contribution >= 0.6 is 7.75 Å². The summed E-state index contributed by atoms with van der Waals surface area (Å²) in [5.41, 5.74) is -0.761. The van der Waals surface area contributed by atoms with E-state index >= 15 is 0 Å². The number of aryl methyl sites for hydroxylation is 1. The fraction of sp³-hybridized carbons (Fsp3) is 0.240. The van der Waals surface area contributed by atoms with E-state index in [2.05, 4.69) is 10.1 Å². The van der Waals surface area contributed by atoms with Crippen LogP contribution in [-0.2, 0) is 18.6 Å². The summed E-state index contributed by atoms with van der Waals surface area (Å²) in [4.78, 5) is 38.6. The number of nitrogens with zero attached hydrogens (tertiary/aromatic N) is 1. The highest BCUT2D eigenvalue weighted by Crippen LogP contribution is 2.45. The molecule has 0 bridgehead atoms. The normalized spacial score (nSPS) is 19.2. The van der Waals surface area contributed by atoms with Gasteiger partial charge in [-0.05, 0) is 44.2 Å². The molecule has 2 N–H and O–H groups in total. The van der Waals surface area contributed by atoms with Gasteiger partial charge in [0.05, 0.1) is 6.61 Å². The molecule has 2 aromatic carbocycles. The van der Waals surface area contributed by atoms with E-state index in [4.69, 9.17) is 18.5 Å². The monoisotopic (exact) mass is 527 g/mol.